The van der Waals surface area contributed by atoms with Crippen LogP contribution in [0.1, 0.15) is 43.9 Å². The van der Waals surface area contributed by atoms with Crippen molar-refractivity contribution in [1.82, 2.24) is 15.6 Å². The highest BCUT2D eigenvalue weighted by atomic mass is 16.2. The Morgan fingerprint density at radius 2 is 1.88 bits per heavy atom. The summed E-state index contributed by atoms with van der Waals surface area (Å²) in [6, 6.07) is 14.0. The topological polar surface area (TPSA) is 57.3 Å². The Labute approximate surface area is 155 Å². The zero-order valence-corrected chi connectivity index (χ0v) is 15.6. The highest BCUT2D eigenvalue weighted by Gasteiger charge is 2.18. The van der Waals surface area contributed by atoms with E-state index in [1.165, 1.54) is 12.8 Å². The molecule has 138 valence electrons. The van der Waals surface area contributed by atoms with E-state index >= 15 is 0 Å². The first-order valence-corrected chi connectivity index (χ1v) is 9.42. The first-order valence-electron chi connectivity index (χ1n) is 9.42. The number of nitrogens with one attached hydrogen (secondary N) is 2. The van der Waals surface area contributed by atoms with Crippen LogP contribution in [0.2, 0.25) is 0 Å². The first-order chi connectivity index (χ1) is 12.6. The normalized spacial score (nSPS) is 15.1. The average Bonchev–Trinajstić information content (AvgIpc) is 3.20. The smallest absolute Gasteiger partial charge is 0.315 e. The molecule has 0 saturated carbocycles. The lowest BCUT2D eigenvalue weighted by atomic mass is 9.96. The van der Waals surface area contributed by atoms with Crippen molar-refractivity contribution in [3.05, 3.63) is 59.8 Å². The highest BCUT2D eigenvalue weighted by Crippen LogP contribution is 2.21. The Kier molecular flexibility index (Phi) is 6.10. The monoisotopic (exact) mass is 352 g/mol. The lowest BCUT2D eigenvalue weighted by Crippen LogP contribution is -2.39. The van der Waals surface area contributed by atoms with Gasteiger partial charge in [-0.15, -0.1) is 0 Å². The van der Waals surface area contributed by atoms with E-state index in [2.05, 4.69) is 52.6 Å². The molecule has 2 N–H and O–H groups in total. The third-order valence-electron chi connectivity index (χ3n) is 4.80. The van der Waals surface area contributed by atoms with Gasteiger partial charge in [0.25, 0.3) is 0 Å². The second kappa shape index (κ2) is 8.70. The summed E-state index contributed by atoms with van der Waals surface area (Å²) in [6.07, 6.45) is 4.27. The second-order valence-electron chi connectivity index (χ2n) is 7.18. The van der Waals surface area contributed by atoms with Crippen LogP contribution in [-0.4, -0.2) is 24.1 Å². The Morgan fingerprint density at radius 3 is 2.58 bits per heavy atom. The van der Waals surface area contributed by atoms with Crippen LogP contribution >= 0.6 is 0 Å². The number of hydrogen-bond donors (Lipinski definition) is 2. The number of pyridine rings is 1. The summed E-state index contributed by atoms with van der Waals surface area (Å²) in [5, 5.41) is 6.07. The molecule has 0 spiro atoms. The minimum atomic E-state index is -0.146. The van der Waals surface area contributed by atoms with Gasteiger partial charge < -0.3 is 15.5 Å². The van der Waals surface area contributed by atoms with Crippen LogP contribution in [0, 0.1) is 5.92 Å². The fourth-order valence-corrected chi connectivity index (χ4v) is 3.36. The van der Waals surface area contributed by atoms with E-state index in [1.807, 2.05) is 30.5 Å². The number of nitrogens with zero attached hydrogens (tertiary/aromatic N) is 2. The lowest BCUT2D eigenvalue weighted by molar-refractivity contribution is 0.232. The van der Waals surface area contributed by atoms with Gasteiger partial charge in [-0.2, -0.15) is 0 Å². The number of benzene rings is 1. The predicted octanol–water partition coefficient (Wildman–Crippen LogP) is 3.88. The lowest BCUT2D eigenvalue weighted by Gasteiger charge is -2.23. The minimum absolute atomic E-state index is 0.00574. The number of urea groups is 1. The second-order valence-corrected chi connectivity index (χ2v) is 7.18. The van der Waals surface area contributed by atoms with Gasteiger partial charge in [0.15, 0.2) is 0 Å². The van der Waals surface area contributed by atoms with Crippen molar-refractivity contribution in [3.8, 4) is 0 Å². The fraction of sp³-hybridized carbons (Fsp3) is 0.429. The molecule has 2 amide bonds. The third kappa shape index (κ3) is 4.75. The summed E-state index contributed by atoms with van der Waals surface area (Å²) >= 11 is 0. The van der Waals surface area contributed by atoms with E-state index in [-0.39, 0.29) is 12.1 Å². The molecular weight excluding hydrogens is 324 g/mol. The van der Waals surface area contributed by atoms with Gasteiger partial charge in [-0.05, 0) is 42.0 Å². The molecule has 0 bridgehead atoms. The van der Waals surface area contributed by atoms with Crippen LogP contribution in [0.5, 0.6) is 0 Å². The van der Waals surface area contributed by atoms with Crippen LogP contribution in [0.4, 0.5) is 10.6 Å². The molecule has 1 aliphatic heterocycles. The number of hydrogen-bond acceptors (Lipinski definition) is 3. The molecule has 1 aromatic heterocycles. The Hall–Kier alpha value is -2.56. The van der Waals surface area contributed by atoms with Crippen molar-refractivity contribution >= 4 is 11.8 Å². The summed E-state index contributed by atoms with van der Waals surface area (Å²) < 4.78 is 0. The molecule has 3 rings (SSSR count). The summed E-state index contributed by atoms with van der Waals surface area (Å²) in [5.41, 5.74) is 2.19. The number of anilines is 1. The fourth-order valence-electron chi connectivity index (χ4n) is 3.36. The van der Waals surface area contributed by atoms with Crippen molar-refractivity contribution in [3.63, 3.8) is 0 Å². The van der Waals surface area contributed by atoms with Gasteiger partial charge in [-0.3, -0.25) is 0 Å². The number of amides is 2. The molecule has 1 aromatic carbocycles. The molecule has 2 heterocycles. The van der Waals surface area contributed by atoms with Gasteiger partial charge in [-0.25, -0.2) is 9.78 Å². The molecule has 5 heteroatoms. The van der Waals surface area contributed by atoms with Gasteiger partial charge in [0.05, 0.1) is 6.04 Å². The molecule has 1 saturated heterocycles. The van der Waals surface area contributed by atoms with Crippen LogP contribution in [0.15, 0.2) is 48.7 Å². The quantitative estimate of drug-likeness (QED) is 0.829. The van der Waals surface area contributed by atoms with Crippen LogP contribution in [0.25, 0.3) is 0 Å². The van der Waals surface area contributed by atoms with Crippen molar-refractivity contribution in [1.29, 1.82) is 0 Å². The van der Waals surface area contributed by atoms with E-state index in [4.69, 9.17) is 0 Å². The maximum absolute atomic E-state index is 12.4. The molecule has 0 unspecified atom stereocenters. The van der Waals surface area contributed by atoms with Gasteiger partial charge in [-0.1, -0.05) is 44.2 Å². The summed E-state index contributed by atoms with van der Waals surface area (Å²) in [7, 11) is 0. The van der Waals surface area contributed by atoms with Crippen LogP contribution < -0.4 is 15.5 Å². The molecule has 0 radical (unpaired) electrons. The standard InChI is InChI=1S/C21H28N4O/c1-16(2)20(18-8-4-3-5-9-18)24-21(26)23-15-17-10-11-22-19(14-17)25-12-6-7-13-25/h3-5,8-11,14,16,20H,6-7,12-13,15H2,1-2H3,(H2,23,24,26)/t20-/m1/s1. The van der Waals surface area contributed by atoms with Crippen molar-refractivity contribution in [2.24, 2.45) is 5.92 Å². The Bertz CT molecular complexity index is 711. The van der Waals surface area contributed by atoms with E-state index < -0.39 is 0 Å². The Balaban J connectivity index is 1.57. The molecule has 5 nitrogen and oxygen atoms in total. The number of carbonyl (C=O) groups is 1. The van der Waals surface area contributed by atoms with Crippen molar-refractivity contribution in [2.75, 3.05) is 18.0 Å². The van der Waals surface area contributed by atoms with Gasteiger partial charge in [0.2, 0.25) is 0 Å². The van der Waals surface area contributed by atoms with Gasteiger partial charge in [0.1, 0.15) is 5.82 Å². The maximum atomic E-state index is 12.4. The van der Waals surface area contributed by atoms with Crippen molar-refractivity contribution in [2.45, 2.75) is 39.3 Å². The van der Waals surface area contributed by atoms with E-state index in [0.29, 0.717) is 12.5 Å². The summed E-state index contributed by atoms with van der Waals surface area (Å²) in [4.78, 5) is 19.2. The zero-order valence-electron chi connectivity index (χ0n) is 15.6. The molecule has 0 aliphatic carbocycles. The summed E-state index contributed by atoms with van der Waals surface area (Å²) in [6.45, 7) is 6.86. The summed E-state index contributed by atoms with van der Waals surface area (Å²) in [5.74, 6) is 1.32. The molecule has 1 atom stereocenters. The maximum Gasteiger partial charge on any atom is 0.315 e. The predicted molar refractivity (Wildman–Crippen MR) is 105 cm³/mol. The van der Waals surface area contributed by atoms with Crippen molar-refractivity contribution < 1.29 is 4.79 Å². The van der Waals surface area contributed by atoms with Gasteiger partial charge in [0, 0.05) is 25.8 Å². The molecule has 26 heavy (non-hydrogen) atoms. The highest BCUT2D eigenvalue weighted by molar-refractivity contribution is 5.74. The van der Waals surface area contributed by atoms with Gasteiger partial charge >= 0.3 is 6.03 Å². The Morgan fingerprint density at radius 1 is 1.15 bits per heavy atom. The zero-order chi connectivity index (χ0) is 18.4. The average molecular weight is 352 g/mol. The molecule has 1 aliphatic rings. The largest absolute Gasteiger partial charge is 0.357 e. The SMILES string of the molecule is CC(C)[C@@H](NC(=O)NCc1ccnc(N2CCCC2)c1)c1ccccc1. The third-order valence-corrected chi connectivity index (χ3v) is 4.80. The number of aromatic nitrogens is 1. The molecule has 1 fully saturated rings. The number of carbonyl (C=O) groups excluding carboxylic acids is 1. The van der Waals surface area contributed by atoms with E-state index in [9.17, 15) is 4.79 Å². The van der Waals surface area contributed by atoms with E-state index in [0.717, 1.165) is 30.0 Å². The number of rotatable bonds is 6. The van der Waals surface area contributed by atoms with E-state index in [1.54, 1.807) is 0 Å². The van der Waals surface area contributed by atoms with Crippen LogP contribution in [-0.2, 0) is 6.54 Å². The van der Waals surface area contributed by atoms with Crippen LogP contribution in [0.3, 0.4) is 0 Å². The first kappa shape index (κ1) is 18.2. The minimum Gasteiger partial charge on any atom is -0.357 e. The molecular formula is C21H28N4O. The molecule has 2 aromatic rings.